The molecule has 1 fully saturated rings. The van der Waals surface area contributed by atoms with Crippen LogP contribution in [0, 0.1) is 5.92 Å². The van der Waals surface area contributed by atoms with Crippen LogP contribution in [-0.4, -0.2) is 29.9 Å². The Balaban J connectivity index is 1.36. The third-order valence-electron chi connectivity index (χ3n) is 6.27. The Kier molecular flexibility index (Phi) is 5.79. The molecule has 0 radical (unpaired) electrons. The molecule has 1 aliphatic rings. The van der Waals surface area contributed by atoms with Crippen molar-refractivity contribution in [1.29, 1.82) is 0 Å². The molecule has 0 spiro atoms. The third kappa shape index (κ3) is 4.61. The topological polar surface area (TPSA) is 81.4 Å². The largest absolute Gasteiger partial charge is 0.323 e. The lowest BCUT2D eigenvalue weighted by Crippen LogP contribution is -2.14. The molecule has 0 unspecified atom stereocenters. The Bertz CT molecular complexity index is 1210. The number of hydrogen-bond acceptors (Lipinski definition) is 6. The molecule has 0 saturated heterocycles. The number of hydrogen-bond donors (Lipinski definition) is 1. The van der Waals surface area contributed by atoms with Crippen molar-refractivity contribution in [1.82, 2.24) is 29.9 Å². The first-order valence-electron chi connectivity index (χ1n) is 11.5. The van der Waals surface area contributed by atoms with Crippen LogP contribution in [0.3, 0.4) is 0 Å². The SMILES string of the molecule is CC(C)c1cnnc(Nc2ccc3ncc(-c4cnn(CC5CCCCC5)c4)cc3n2)c1. The standard InChI is InChI=1S/C25H29N7/c1-17(2)19-11-25(31-27-13-19)30-24-9-8-22-23(29-24)10-20(12-26-22)21-14-28-32(16-21)15-18-6-4-3-5-7-18/h8-14,16-18H,3-7,15H2,1-2H3,(H,29,30,31). The average molecular weight is 428 g/mol. The van der Waals surface area contributed by atoms with E-state index in [1.165, 1.54) is 32.1 Å². The second kappa shape index (κ2) is 9.02. The van der Waals surface area contributed by atoms with Crippen LogP contribution < -0.4 is 5.32 Å². The minimum absolute atomic E-state index is 0.390. The van der Waals surface area contributed by atoms with E-state index in [1.54, 1.807) is 6.20 Å². The van der Waals surface area contributed by atoms with Crippen LogP contribution in [0.15, 0.2) is 49.1 Å². The van der Waals surface area contributed by atoms with Crippen molar-refractivity contribution in [3.63, 3.8) is 0 Å². The average Bonchev–Trinajstić information content (AvgIpc) is 3.28. The highest BCUT2D eigenvalue weighted by Crippen LogP contribution is 2.27. The second-order valence-electron chi connectivity index (χ2n) is 9.07. The lowest BCUT2D eigenvalue weighted by atomic mass is 9.89. The molecule has 4 aromatic rings. The summed E-state index contributed by atoms with van der Waals surface area (Å²) >= 11 is 0. The van der Waals surface area contributed by atoms with E-state index < -0.39 is 0 Å². The highest BCUT2D eigenvalue weighted by molar-refractivity contribution is 5.81. The molecule has 32 heavy (non-hydrogen) atoms. The van der Waals surface area contributed by atoms with Gasteiger partial charge in [0.05, 0.1) is 23.4 Å². The third-order valence-corrected chi connectivity index (χ3v) is 6.27. The zero-order valence-electron chi connectivity index (χ0n) is 18.7. The van der Waals surface area contributed by atoms with Crippen LogP contribution in [0.2, 0.25) is 0 Å². The quantitative estimate of drug-likeness (QED) is 0.423. The zero-order valence-corrected chi connectivity index (χ0v) is 18.7. The molecule has 1 N–H and O–H groups in total. The predicted octanol–water partition coefficient (Wildman–Crippen LogP) is 5.73. The lowest BCUT2D eigenvalue weighted by Gasteiger charge is -2.21. The Morgan fingerprint density at radius 1 is 0.969 bits per heavy atom. The summed E-state index contributed by atoms with van der Waals surface area (Å²) in [5.74, 6) is 2.55. The molecule has 0 aromatic carbocycles. The molecule has 164 valence electrons. The maximum atomic E-state index is 4.76. The van der Waals surface area contributed by atoms with Crippen LogP contribution in [0.4, 0.5) is 11.6 Å². The summed E-state index contributed by atoms with van der Waals surface area (Å²) in [5.41, 5.74) is 4.93. The van der Waals surface area contributed by atoms with Crippen LogP contribution in [-0.2, 0) is 6.54 Å². The number of pyridine rings is 2. The minimum atomic E-state index is 0.390. The van der Waals surface area contributed by atoms with Gasteiger partial charge in [0.15, 0.2) is 5.82 Å². The van der Waals surface area contributed by atoms with E-state index in [4.69, 9.17) is 4.98 Å². The van der Waals surface area contributed by atoms with Gasteiger partial charge in [0.1, 0.15) is 5.82 Å². The highest BCUT2D eigenvalue weighted by Gasteiger charge is 2.15. The van der Waals surface area contributed by atoms with E-state index >= 15 is 0 Å². The van der Waals surface area contributed by atoms with Crippen molar-refractivity contribution < 1.29 is 0 Å². The monoisotopic (exact) mass is 427 g/mol. The Morgan fingerprint density at radius 2 is 1.84 bits per heavy atom. The summed E-state index contributed by atoms with van der Waals surface area (Å²) in [6.45, 7) is 5.28. The van der Waals surface area contributed by atoms with Gasteiger partial charge in [0.25, 0.3) is 0 Å². The molecule has 7 heteroatoms. The van der Waals surface area contributed by atoms with Crippen molar-refractivity contribution in [3.05, 3.63) is 54.6 Å². The van der Waals surface area contributed by atoms with Gasteiger partial charge in [-0.25, -0.2) is 4.98 Å². The van der Waals surface area contributed by atoms with Crippen molar-refractivity contribution in [2.45, 2.75) is 58.4 Å². The number of aromatic nitrogens is 6. The molecule has 0 aliphatic heterocycles. The van der Waals surface area contributed by atoms with Crippen LogP contribution in [0.1, 0.15) is 57.4 Å². The second-order valence-corrected chi connectivity index (χ2v) is 9.07. The summed E-state index contributed by atoms with van der Waals surface area (Å²) in [6, 6.07) is 7.98. The molecule has 4 heterocycles. The summed E-state index contributed by atoms with van der Waals surface area (Å²) < 4.78 is 2.08. The van der Waals surface area contributed by atoms with E-state index in [-0.39, 0.29) is 0 Å². The fourth-order valence-electron chi connectivity index (χ4n) is 4.37. The van der Waals surface area contributed by atoms with Gasteiger partial charge >= 0.3 is 0 Å². The molecule has 7 nitrogen and oxygen atoms in total. The molecule has 0 amide bonds. The van der Waals surface area contributed by atoms with Crippen molar-refractivity contribution in [3.8, 4) is 11.1 Å². The summed E-state index contributed by atoms with van der Waals surface area (Å²) in [4.78, 5) is 9.38. The van der Waals surface area contributed by atoms with Gasteiger partial charge < -0.3 is 5.32 Å². The normalized spacial score (nSPS) is 14.8. The van der Waals surface area contributed by atoms with Crippen molar-refractivity contribution in [2.24, 2.45) is 5.92 Å². The van der Waals surface area contributed by atoms with Gasteiger partial charge in [0, 0.05) is 30.1 Å². The van der Waals surface area contributed by atoms with E-state index in [1.807, 2.05) is 30.6 Å². The van der Waals surface area contributed by atoms with Gasteiger partial charge in [-0.1, -0.05) is 33.1 Å². The lowest BCUT2D eigenvalue weighted by molar-refractivity contribution is 0.308. The maximum Gasteiger partial charge on any atom is 0.154 e. The van der Waals surface area contributed by atoms with E-state index in [0.29, 0.717) is 11.7 Å². The van der Waals surface area contributed by atoms with E-state index in [0.717, 1.165) is 46.0 Å². The molecule has 0 bridgehead atoms. The predicted molar refractivity (Wildman–Crippen MR) is 127 cm³/mol. The molecule has 5 rings (SSSR count). The van der Waals surface area contributed by atoms with Crippen LogP contribution in [0.5, 0.6) is 0 Å². The first-order valence-corrected chi connectivity index (χ1v) is 11.5. The molecular weight excluding hydrogens is 398 g/mol. The van der Waals surface area contributed by atoms with E-state index in [2.05, 4.69) is 56.4 Å². The van der Waals surface area contributed by atoms with Gasteiger partial charge in [-0.05, 0) is 54.5 Å². The summed E-state index contributed by atoms with van der Waals surface area (Å²) in [6.07, 6.45) is 14.5. The highest BCUT2D eigenvalue weighted by atomic mass is 15.3. The molecule has 0 atom stereocenters. The summed E-state index contributed by atoms with van der Waals surface area (Å²) in [5, 5.41) is 16.2. The minimum Gasteiger partial charge on any atom is -0.323 e. The van der Waals surface area contributed by atoms with Crippen LogP contribution >= 0.6 is 0 Å². The maximum absolute atomic E-state index is 4.76. The zero-order chi connectivity index (χ0) is 21.9. The van der Waals surface area contributed by atoms with Gasteiger partial charge in [0.2, 0.25) is 0 Å². The van der Waals surface area contributed by atoms with Gasteiger partial charge in [-0.2, -0.15) is 10.2 Å². The number of nitrogens with one attached hydrogen (secondary N) is 1. The summed E-state index contributed by atoms with van der Waals surface area (Å²) in [7, 11) is 0. The number of anilines is 2. The Hall–Kier alpha value is -3.35. The van der Waals surface area contributed by atoms with E-state index in [9.17, 15) is 0 Å². The Labute approximate surface area is 188 Å². The molecule has 1 aliphatic carbocycles. The van der Waals surface area contributed by atoms with Crippen LogP contribution in [0.25, 0.3) is 22.2 Å². The molecule has 1 saturated carbocycles. The first kappa shape index (κ1) is 20.5. The molecule has 4 aromatic heterocycles. The van der Waals surface area contributed by atoms with Crippen molar-refractivity contribution in [2.75, 3.05) is 5.32 Å². The van der Waals surface area contributed by atoms with Crippen molar-refractivity contribution >= 4 is 22.7 Å². The molecular formula is C25H29N7. The number of fused-ring (bicyclic) bond motifs is 1. The number of rotatable bonds is 6. The van der Waals surface area contributed by atoms with Gasteiger partial charge in [-0.3, -0.25) is 9.67 Å². The smallest absolute Gasteiger partial charge is 0.154 e. The Morgan fingerprint density at radius 3 is 2.69 bits per heavy atom. The van der Waals surface area contributed by atoms with Gasteiger partial charge in [-0.15, -0.1) is 5.10 Å². The fourth-order valence-corrected chi connectivity index (χ4v) is 4.37. The first-order chi connectivity index (χ1) is 15.6. The number of nitrogens with zero attached hydrogens (tertiary/aromatic N) is 6. The fraction of sp³-hybridized carbons (Fsp3) is 0.400.